The van der Waals surface area contributed by atoms with Crippen LogP contribution in [0.1, 0.15) is 6.92 Å². The second-order valence-electron chi connectivity index (χ2n) is 5.30. The molecular formula is C15H20N2O6S. The number of carbonyl (C=O) groups excluding carboxylic acids is 2. The van der Waals surface area contributed by atoms with Gasteiger partial charge < -0.3 is 14.4 Å². The fourth-order valence-electron chi connectivity index (χ4n) is 2.55. The summed E-state index contributed by atoms with van der Waals surface area (Å²) in [5.74, 6) is -0.386. The van der Waals surface area contributed by atoms with Gasteiger partial charge in [0.15, 0.2) is 0 Å². The maximum absolute atomic E-state index is 12.9. The third kappa shape index (κ3) is 3.51. The first-order valence-corrected chi connectivity index (χ1v) is 8.74. The smallest absolute Gasteiger partial charge is 0.326 e. The first-order chi connectivity index (χ1) is 11.3. The van der Waals surface area contributed by atoms with Crippen molar-refractivity contribution >= 4 is 21.9 Å². The van der Waals surface area contributed by atoms with E-state index >= 15 is 0 Å². The van der Waals surface area contributed by atoms with Crippen LogP contribution in [0.3, 0.4) is 0 Å². The number of esters is 1. The minimum Gasteiger partial charge on any atom is -0.497 e. The fraction of sp³-hybridized carbons (Fsp3) is 0.467. The van der Waals surface area contributed by atoms with Crippen LogP contribution in [0.25, 0.3) is 0 Å². The van der Waals surface area contributed by atoms with Gasteiger partial charge in [0.1, 0.15) is 11.8 Å². The number of amides is 1. The van der Waals surface area contributed by atoms with Gasteiger partial charge in [0.2, 0.25) is 15.9 Å². The van der Waals surface area contributed by atoms with E-state index < -0.39 is 22.0 Å². The lowest BCUT2D eigenvalue weighted by Gasteiger charge is -2.38. The molecule has 1 aromatic carbocycles. The summed E-state index contributed by atoms with van der Waals surface area (Å²) in [6.07, 6.45) is 0. The predicted octanol–water partition coefficient (Wildman–Crippen LogP) is 0.0896. The molecule has 1 aliphatic heterocycles. The zero-order chi connectivity index (χ0) is 17.9. The standard InChI is InChI=1S/C15H20N2O6S/c1-11(18)16-8-9-17(14(10-16)15(19)23-3)24(20,21)13-6-4-12(22-2)5-7-13/h4-7,14H,8-10H2,1-3H3. The topological polar surface area (TPSA) is 93.2 Å². The Morgan fingerprint density at radius 1 is 1.12 bits per heavy atom. The molecule has 1 aromatic rings. The van der Waals surface area contributed by atoms with Gasteiger partial charge in [-0.2, -0.15) is 4.31 Å². The molecule has 9 heteroatoms. The van der Waals surface area contributed by atoms with Gasteiger partial charge in [-0.3, -0.25) is 9.59 Å². The van der Waals surface area contributed by atoms with Crippen LogP contribution in [0.2, 0.25) is 0 Å². The first kappa shape index (κ1) is 18.2. The third-order valence-corrected chi connectivity index (χ3v) is 5.84. The molecule has 0 spiro atoms. The highest BCUT2D eigenvalue weighted by molar-refractivity contribution is 7.89. The van der Waals surface area contributed by atoms with Crippen LogP contribution in [0.15, 0.2) is 29.2 Å². The Morgan fingerprint density at radius 2 is 1.75 bits per heavy atom. The Hall–Kier alpha value is -2.13. The van der Waals surface area contributed by atoms with Gasteiger partial charge in [-0.05, 0) is 24.3 Å². The van der Waals surface area contributed by atoms with Crippen LogP contribution >= 0.6 is 0 Å². The number of ether oxygens (including phenoxy) is 2. The maximum Gasteiger partial charge on any atom is 0.326 e. The second kappa shape index (κ2) is 7.18. The molecule has 0 bridgehead atoms. The zero-order valence-corrected chi connectivity index (χ0v) is 14.6. The molecule has 1 unspecified atom stereocenters. The number of hydrogen-bond donors (Lipinski definition) is 0. The van der Waals surface area contributed by atoms with Gasteiger partial charge in [0.05, 0.1) is 19.1 Å². The Bertz CT molecular complexity index is 716. The van der Waals surface area contributed by atoms with Crippen LogP contribution in [-0.4, -0.2) is 69.4 Å². The van der Waals surface area contributed by atoms with Gasteiger partial charge in [-0.25, -0.2) is 8.42 Å². The number of piperazine rings is 1. The molecule has 24 heavy (non-hydrogen) atoms. The van der Waals surface area contributed by atoms with Crippen molar-refractivity contribution in [2.75, 3.05) is 33.9 Å². The van der Waals surface area contributed by atoms with E-state index in [4.69, 9.17) is 9.47 Å². The lowest BCUT2D eigenvalue weighted by molar-refractivity contribution is -0.148. The largest absolute Gasteiger partial charge is 0.497 e. The summed E-state index contributed by atoms with van der Waals surface area (Å²) in [4.78, 5) is 25.1. The lowest BCUT2D eigenvalue weighted by Crippen LogP contribution is -2.59. The molecule has 0 radical (unpaired) electrons. The molecule has 0 saturated carbocycles. The van der Waals surface area contributed by atoms with Crippen LogP contribution in [0.4, 0.5) is 0 Å². The Balaban J connectivity index is 2.35. The quantitative estimate of drug-likeness (QED) is 0.710. The van der Waals surface area contributed by atoms with Crippen LogP contribution in [-0.2, 0) is 24.3 Å². The van der Waals surface area contributed by atoms with Gasteiger partial charge in [0, 0.05) is 26.6 Å². The number of methoxy groups -OCH3 is 2. The van der Waals surface area contributed by atoms with E-state index in [1.54, 1.807) is 0 Å². The highest BCUT2D eigenvalue weighted by atomic mass is 32.2. The van der Waals surface area contributed by atoms with Crippen molar-refractivity contribution in [3.05, 3.63) is 24.3 Å². The third-order valence-electron chi connectivity index (χ3n) is 3.92. The predicted molar refractivity (Wildman–Crippen MR) is 84.9 cm³/mol. The van der Waals surface area contributed by atoms with E-state index in [2.05, 4.69) is 0 Å². The maximum atomic E-state index is 12.9. The number of benzene rings is 1. The molecule has 132 valence electrons. The zero-order valence-electron chi connectivity index (χ0n) is 13.8. The van der Waals surface area contributed by atoms with Crippen molar-refractivity contribution < 1.29 is 27.5 Å². The molecule has 1 atom stereocenters. The van der Waals surface area contributed by atoms with Crippen molar-refractivity contribution in [1.82, 2.24) is 9.21 Å². The molecular weight excluding hydrogens is 336 g/mol. The molecule has 0 N–H and O–H groups in total. The van der Waals surface area contributed by atoms with Gasteiger partial charge in [0.25, 0.3) is 0 Å². The minimum atomic E-state index is -3.90. The van der Waals surface area contributed by atoms with Crippen LogP contribution in [0, 0.1) is 0 Å². The highest BCUT2D eigenvalue weighted by Gasteiger charge is 2.41. The summed E-state index contributed by atoms with van der Waals surface area (Å²) >= 11 is 0. The molecule has 8 nitrogen and oxygen atoms in total. The number of carbonyl (C=O) groups is 2. The van der Waals surface area contributed by atoms with Crippen molar-refractivity contribution in [3.63, 3.8) is 0 Å². The average Bonchev–Trinajstić information content (AvgIpc) is 2.60. The molecule has 1 aliphatic rings. The van der Waals surface area contributed by atoms with Gasteiger partial charge in [-0.15, -0.1) is 0 Å². The molecule has 0 aliphatic carbocycles. The van der Waals surface area contributed by atoms with Gasteiger partial charge in [-0.1, -0.05) is 0 Å². The minimum absolute atomic E-state index is 0.0215. The molecule has 2 rings (SSSR count). The van der Waals surface area contributed by atoms with E-state index in [1.165, 1.54) is 50.3 Å². The van der Waals surface area contributed by atoms with Crippen molar-refractivity contribution in [2.45, 2.75) is 17.9 Å². The summed E-state index contributed by atoms with van der Waals surface area (Å²) < 4.78 is 36.5. The molecule has 1 amide bonds. The first-order valence-electron chi connectivity index (χ1n) is 7.30. The fourth-order valence-corrected chi connectivity index (χ4v) is 4.11. The molecule has 1 saturated heterocycles. The van der Waals surface area contributed by atoms with E-state index in [9.17, 15) is 18.0 Å². The second-order valence-corrected chi connectivity index (χ2v) is 7.19. The summed E-state index contributed by atoms with van der Waals surface area (Å²) in [5, 5.41) is 0. The van der Waals surface area contributed by atoms with Crippen molar-refractivity contribution in [1.29, 1.82) is 0 Å². The van der Waals surface area contributed by atoms with Crippen molar-refractivity contribution in [2.24, 2.45) is 0 Å². The summed E-state index contributed by atoms with van der Waals surface area (Å²) in [6, 6.07) is 4.83. The lowest BCUT2D eigenvalue weighted by atomic mass is 10.2. The summed E-state index contributed by atoms with van der Waals surface area (Å²) in [6.45, 7) is 1.59. The van der Waals surface area contributed by atoms with Crippen LogP contribution in [0.5, 0.6) is 5.75 Å². The number of sulfonamides is 1. The number of hydrogen-bond acceptors (Lipinski definition) is 6. The molecule has 0 aromatic heterocycles. The van der Waals surface area contributed by atoms with Crippen LogP contribution < -0.4 is 4.74 Å². The van der Waals surface area contributed by atoms with E-state index in [0.717, 1.165) is 4.31 Å². The van der Waals surface area contributed by atoms with E-state index in [1.807, 2.05) is 0 Å². The summed E-state index contributed by atoms with van der Waals surface area (Å²) in [5.41, 5.74) is 0. The Morgan fingerprint density at radius 3 is 2.25 bits per heavy atom. The summed E-state index contributed by atoms with van der Waals surface area (Å²) in [7, 11) is -1.23. The Kier molecular flexibility index (Phi) is 5.45. The normalized spacial score (nSPS) is 19.0. The Labute approximate surface area is 141 Å². The number of nitrogens with zero attached hydrogens (tertiary/aromatic N) is 2. The highest BCUT2D eigenvalue weighted by Crippen LogP contribution is 2.24. The average molecular weight is 356 g/mol. The van der Waals surface area contributed by atoms with Gasteiger partial charge >= 0.3 is 5.97 Å². The molecule has 1 fully saturated rings. The molecule has 1 heterocycles. The number of rotatable bonds is 4. The SMILES string of the molecule is COC(=O)C1CN(C(C)=O)CCN1S(=O)(=O)c1ccc(OC)cc1. The van der Waals surface area contributed by atoms with E-state index in [-0.39, 0.29) is 30.4 Å². The monoisotopic (exact) mass is 356 g/mol. The van der Waals surface area contributed by atoms with Crippen molar-refractivity contribution in [3.8, 4) is 5.75 Å². The van der Waals surface area contributed by atoms with E-state index in [0.29, 0.717) is 5.75 Å².